The van der Waals surface area contributed by atoms with E-state index < -0.39 is 24.0 Å². The predicted octanol–water partition coefficient (Wildman–Crippen LogP) is 2.56. The first-order chi connectivity index (χ1) is 6.45. The number of phenols is 1. The number of nitrogens with two attached hydrogens (primary N) is 1. The third-order valence-electron chi connectivity index (χ3n) is 1.73. The van der Waals surface area contributed by atoms with Gasteiger partial charge in [0.1, 0.15) is 11.6 Å². The molecular formula is C8H7BrF3NO. The lowest BCUT2D eigenvalue weighted by Gasteiger charge is -2.13. The Morgan fingerprint density at radius 1 is 1.36 bits per heavy atom. The molecule has 0 aliphatic carbocycles. The fraction of sp³-hybridized carbons (Fsp3) is 0.250. The van der Waals surface area contributed by atoms with Gasteiger partial charge in [-0.15, -0.1) is 0 Å². The number of halogens is 4. The summed E-state index contributed by atoms with van der Waals surface area (Å²) in [5.74, 6) is -1.31. The van der Waals surface area contributed by atoms with E-state index in [1.807, 2.05) is 0 Å². The lowest BCUT2D eigenvalue weighted by atomic mass is 10.1. The highest BCUT2D eigenvalue weighted by molar-refractivity contribution is 9.10. The minimum absolute atomic E-state index is 0.187. The molecule has 2 nitrogen and oxygen atoms in total. The lowest BCUT2D eigenvalue weighted by Crippen LogP contribution is -2.19. The van der Waals surface area contributed by atoms with E-state index in [9.17, 15) is 18.3 Å². The summed E-state index contributed by atoms with van der Waals surface area (Å²) < 4.78 is 36.9. The molecule has 0 heterocycles. The van der Waals surface area contributed by atoms with Crippen LogP contribution in [0.5, 0.6) is 5.75 Å². The van der Waals surface area contributed by atoms with Crippen LogP contribution in [0.3, 0.4) is 0 Å². The van der Waals surface area contributed by atoms with Gasteiger partial charge in [0.25, 0.3) is 6.43 Å². The fourth-order valence-corrected chi connectivity index (χ4v) is 1.32. The van der Waals surface area contributed by atoms with E-state index in [2.05, 4.69) is 15.9 Å². The van der Waals surface area contributed by atoms with E-state index in [4.69, 9.17) is 5.73 Å². The van der Waals surface area contributed by atoms with E-state index in [0.29, 0.717) is 0 Å². The smallest absolute Gasteiger partial charge is 0.257 e. The SMILES string of the molecule is N[C@H](c1ccc(F)c(Br)c1O)C(F)F. The van der Waals surface area contributed by atoms with Crippen molar-refractivity contribution in [3.8, 4) is 5.75 Å². The average molecular weight is 270 g/mol. The van der Waals surface area contributed by atoms with E-state index >= 15 is 0 Å². The quantitative estimate of drug-likeness (QED) is 0.867. The Hall–Kier alpha value is -0.750. The molecule has 0 amide bonds. The molecule has 0 aliphatic rings. The maximum atomic E-state index is 12.8. The largest absolute Gasteiger partial charge is 0.506 e. The van der Waals surface area contributed by atoms with Crippen LogP contribution in [0.25, 0.3) is 0 Å². The summed E-state index contributed by atoms with van der Waals surface area (Å²) in [5, 5.41) is 9.30. The van der Waals surface area contributed by atoms with Crippen molar-refractivity contribution < 1.29 is 18.3 Å². The summed E-state index contributed by atoms with van der Waals surface area (Å²) >= 11 is 2.72. The van der Waals surface area contributed by atoms with Crippen LogP contribution in [0.4, 0.5) is 13.2 Å². The van der Waals surface area contributed by atoms with Crippen molar-refractivity contribution in [3.63, 3.8) is 0 Å². The summed E-state index contributed by atoms with van der Waals surface area (Å²) in [6.45, 7) is 0. The van der Waals surface area contributed by atoms with Gasteiger partial charge in [-0.3, -0.25) is 0 Å². The number of rotatable bonds is 2. The topological polar surface area (TPSA) is 46.2 Å². The zero-order valence-electron chi connectivity index (χ0n) is 6.85. The number of benzene rings is 1. The van der Waals surface area contributed by atoms with Gasteiger partial charge in [0.15, 0.2) is 0 Å². The van der Waals surface area contributed by atoms with Gasteiger partial charge in [0.2, 0.25) is 0 Å². The summed E-state index contributed by atoms with van der Waals surface area (Å²) in [6, 6.07) is 0.375. The second-order valence-electron chi connectivity index (χ2n) is 2.66. The van der Waals surface area contributed by atoms with E-state index in [0.717, 1.165) is 12.1 Å². The average Bonchev–Trinajstić information content (AvgIpc) is 2.13. The molecule has 0 aliphatic heterocycles. The molecule has 1 aromatic rings. The van der Waals surface area contributed by atoms with Crippen molar-refractivity contribution >= 4 is 15.9 Å². The predicted molar refractivity (Wildman–Crippen MR) is 48.7 cm³/mol. The van der Waals surface area contributed by atoms with Crippen LogP contribution in [0.1, 0.15) is 11.6 Å². The van der Waals surface area contributed by atoms with Crippen LogP contribution < -0.4 is 5.73 Å². The lowest BCUT2D eigenvalue weighted by molar-refractivity contribution is 0.115. The van der Waals surface area contributed by atoms with Gasteiger partial charge in [-0.25, -0.2) is 13.2 Å². The fourth-order valence-electron chi connectivity index (χ4n) is 0.960. The zero-order valence-corrected chi connectivity index (χ0v) is 8.43. The third kappa shape index (κ3) is 2.01. The minimum atomic E-state index is -2.81. The Balaban J connectivity index is 3.17. The first-order valence-corrected chi connectivity index (χ1v) is 4.45. The van der Waals surface area contributed by atoms with Gasteiger partial charge < -0.3 is 10.8 Å². The molecule has 1 atom stereocenters. The Labute approximate surface area is 86.7 Å². The van der Waals surface area contributed by atoms with Gasteiger partial charge >= 0.3 is 0 Å². The Bertz CT molecular complexity index is 346. The number of hydrogen-bond donors (Lipinski definition) is 2. The zero-order chi connectivity index (χ0) is 10.9. The molecular weight excluding hydrogens is 263 g/mol. The van der Waals surface area contributed by atoms with Gasteiger partial charge in [-0.2, -0.15) is 0 Å². The monoisotopic (exact) mass is 269 g/mol. The van der Waals surface area contributed by atoms with Gasteiger partial charge in [-0.05, 0) is 22.0 Å². The van der Waals surface area contributed by atoms with E-state index in [1.165, 1.54) is 0 Å². The van der Waals surface area contributed by atoms with Crippen molar-refractivity contribution in [2.24, 2.45) is 5.73 Å². The normalized spacial score (nSPS) is 13.3. The van der Waals surface area contributed by atoms with Crippen molar-refractivity contribution in [2.45, 2.75) is 12.5 Å². The highest BCUT2D eigenvalue weighted by Gasteiger charge is 2.22. The molecule has 0 saturated heterocycles. The molecule has 6 heteroatoms. The Kier molecular flexibility index (Phi) is 3.38. The number of alkyl halides is 2. The maximum absolute atomic E-state index is 12.8. The second-order valence-corrected chi connectivity index (χ2v) is 3.45. The molecule has 0 fully saturated rings. The number of phenolic OH excluding ortho intramolecular Hbond substituents is 1. The first-order valence-electron chi connectivity index (χ1n) is 3.65. The van der Waals surface area contributed by atoms with Crippen LogP contribution >= 0.6 is 15.9 Å². The van der Waals surface area contributed by atoms with Crippen molar-refractivity contribution in [2.75, 3.05) is 0 Å². The molecule has 0 bridgehead atoms. The van der Waals surface area contributed by atoms with Crippen molar-refractivity contribution in [3.05, 3.63) is 28.0 Å². The summed E-state index contributed by atoms with van der Waals surface area (Å²) in [7, 11) is 0. The van der Waals surface area contributed by atoms with E-state index in [1.54, 1.807) is 0 Å². The highest BCUT2D eigenvalue weighted by atomic mass is 79.9. The Morgan fingerprint density at radius 2 is 1.93 bits per heavy atom. The van der Waals surface area contributed by atoms with Crippen LogP contribution in [0, 0.1) is 5.82 Å². The minimum Gasteiger partial charge on any atom is -0.506 e. The molecule has 78 valence electrons. The van der Waals surface area contributed by atoms with Crippen LogP contribution in [-0.2, 0) is 0 Å². The van der Waals surface area contributed by atoms with Crippen molar-refractivity contribution in [1.82, 2.24) is 0 Å². The maximum Gasteiger partial charge on any atom is 0.257 e. The highest BCUT2D eigenvalue weighted by Crippen LogP contribution is 2.34. The Morgan fingerprint density at radius 3 is 2.43 bits per heavy atom. The van der Waals surface area contributed by atoms with Crippen molar-refractivity contribution in [1.29, 1.82) is 0 Å². The van der Waals surface area contributed by atoms with Crippen LogP contribution in [0.15, 0.2) is 16.6 Å². The molecule has 14 heavy (non-hydrogen) atoms. The third-order valence-corrected chi connectivity index (χ3v) is 2.49. The molecule has 1 aromatic carbocycles. The van der Waals surface area contributed by atoms with E-state index in [-0.39, 0.29) is 10.0 Å². The number of hydrogen-bond acceptors (Lipinski definition) is 2. The molecule has 3 N–H and O–H groups in total. The second kappa shape index (κ2) is 4.18. The molecule has 1 rings (SSSR count). The van der Waals surface area contributed by atoms with Crippen LogP contribution in [0.2, 0.25) is 0 Å². The van der Waals surface area contributed by atoms with Gasteiger partial charge in [0, 0.05) is 5.56 Å². The summed E-state index contributed by atoms with van der Waals surface area (Å²) in [6.07, 6.45) is -2.81. The molecule has 0 saturated carbocycles. The van der Waals surface area contributed by atoms with Crippen LogP contribution in [-0.4, -0.2) is 11.5 Å². The first kappa shape index (κ1) is 11.3. The van der Waals surface area contributed by atoms with Gasteiger partial charge in [0.05, 0.1) is 10.5 Å². The molecule has 0 aromatic heterocycles. The number of aromatic hydroxyl groups is 1. The summed E-state index contributed by atoms with van der Waals surface area (Å²) in [5.41, 5.74) is 4.92. The molecule has 0 unspecified atom stereocenters. The standard InChI is InChI=1S/C8H7BrF3NO/c9-5-4(10)2-1-3(7(5)14)6(13)8(11)12/h1-2,6,8,14H,13H2/t6-/m1/s1. The molecule has 0 spiro atoms. The summed E-state index contributed by atoms with van der Waals surface area (Å²) in [4.78, 5) is 0. The van der Waals surface area contributed by atoms with Gasteiger partial charge in [-0.1, -0.05) is 6.07 Å². The molecule has 0 radical (unpaired) electrons.